The lowest BCUT2D eigenvalue weighted by Gasteiger charge is -2.13. The van der Waals surface area contributed by atoms with Gasteiger partial charge in [0, 0.05) is 24.5 Å². The molecule has 0 saturated heterocycles. The summed E-state index contributed by atoms with van der Waals surface area (Å²) in [4.78, 5) is 20.8. The van der Waals surface area contributed by atoms with Gasteiger partial charge in [0.1, 0.15) is 17.8 Å². The second-order valence-corrected chi connectivity index (χ2v) is 6.94. The van der Waals surface area contributed by atoms with Crippen LogP contribution in [0.25, 0.3) is 22.2 Å². The number of aryl methyl sites for hydroxylation is 2. The number of anilines is 2. The van der Waals surface area contributed by atoms with Gasteiger partial charge in [0.05, 0.1) is 5.39 Å². The number of nitrogen functional groups attached to an aromatic ring is 1. The van der Waals surface area contributed by atoms with Crippen LogP contribution in [0.3, 0.4) is 0 Å². The molecule has 0 aliphatic rings. The van der Waals surface area contributed by atoms with E-state index in [0.717, 1.165) is 27.7 Å². The molecule has 29 heavy (non-hydrogen) atoms. The van der Waals surface area contributed by atoms with Crippen LogP contribution in [-0.4, -0.2) is 25.5 Å². The molecule has 0 aliphatic heterocycles. The Hall–Kier alpha value is -3.71. The van der Waals surface area contributed by atoms with Gasteiger partial charge in [-0.1, -0.05) is 36.4 Å². The Balaban J connectivity index is 1.63. The first-order chi connectivity index (χ1) is 14.0. The molecule has 0 spiro atoms. The molecule has 2 aromatic heterocycles. The van der Waals surface area contributed by atoms with Crippen molar-refractivity contribution in [1.29, 1.82) is 0 Å². The minimum atomic E-state index is -1.23. The number of nitrogens with one attached hydrogen (secondary N) is 1. The number of rotatable bonds is 4. The number of nitrogens with two attached hydrogens (primary N) is 1. The van der Waals surface area contributed by atoms with Gasteiger partial charge in [0.2, 0.25) is 0 Å². The Morgan fingerprint density at radius 2 is 1.90 bits per heavy atom. The standard InChI is InChI=1S/C22H21N5O2/c1-13-10-15(26-22(29)19(28)14-6-4-3-5-7-14)8-9-16(13)17-11-27(2)21-18(17)20(23)24-12-25-21/h3-12,19,28H,1-2H3,(H,26,29)(H2,23,24,25)/t19-/m1/s1. The van der Waals surface area contributed by atoms with Gasteiger partial charge >= 0.3 is 0 Å². The Morgan fingerprint density at radius 3 is 2.62 bits per heavy atom. The van der Waals surface area contributed by atoms with Crippen LogP contribution in [0.4, 0.5) is 11.5 Å². The highest BCUT2D eigenvalue weighted by Crippen LogP contribution is 2.34. The molecule has 2 aromatic carbocycles. The van der Waals surface area contributed by atoms with Crippen molar-refractivity contribution in [3.8, 4) is 11.1 Å². The van der Waals surface area contributed by atoms with Gasteiger partial charge in [0.25, 0.3) is 5.91 Å². The Morgan fingerprint density at radius 1 is 1.14 bits per heavy atom. The third-order valence-corrected chi connectivity index (χ3v) is 4.93. The number of amides is 1. The highest BCUT2D eigenvalue weighted by Gasteiger charge is 2.18. The molecule has 4 aromatic rings. The SMILES string of the molecule is Cc1cc(NC(=O)[C@H](O)c2ccccc2)ccc1-c1cn(C)c2ncnc(N)c12. The van der Waals surface area contributed by atoms with E-state index in [-0.39, 0.29) is 0 Å². The molecule has 146 valence electrons. The number of carbonyl (C=O) groups is 1. The van der Waals surface area contributed by atoms with Gasteiger partial charge in [-0.25, -0.2) is 9.97 Å². The molecule has 0 saturated carbocycles. The number of carbonyl (C=O) groups excluding carboxylic acids is 1. The number of aromatic nitrogens is 3. The summed E-state index contributed by atoms with van der Waals surface area (Å²) in [6, 6.07) is 14.4. The first kappa shape index (κ1) is 18.6. The van der Waals surface area contributed by atoms with Gasteiger partial charge in [0.15, 0.2) is 6.10 Å². The van der Waals surface area contributed by atoms with Crippen LogP contribution in [0, 0.1) is 6.92 Å². The summed E-state index contributed by atoms with van der Waals surface area (Å²) in [6.45, 7) is 1.96. The van der Waals surface area contributed by atoms with E-state index >= 15 is 0 Å². The average molecular weight is 387 g/mol. The van der Waals surface area contributed by atoms with E-state index in [9.17, 15) is 9.90 Å². The van der Waals surface area contributed by atoms with Gasteiger partial charge in [-0.15, -0.1) is 0 Å². The van der Waals surface area contributed by atoms with Crippen LogP contribution in [0.2, 0.25) is 0 Å². The van der Waals surface area contributed by atoms with Crippen LogP contribution < -0.4 is 11.1 Å². The number of hydrogen-bond donors (Lipinski definition) is 3. The van der Waals surface area contributed by atoms with E-state index in [4.69, 9.17) is 5.73 Å². The third kappa shape index (κ3) is 3.43. The zero-order valence-corrected chi connectivity index (χ0v) is 16.1. The molecule has 7 nitrogen and oxygen atoms in total. The molecule has 2 heterocycles. The molecule has 0 radical (unpaired) electrons. The highest BCUT2D eigenvalue weighted by molar-refractivity contribution is 6.01. The molecule has 0 aliphatic carbocycles. The molecule has 1 amide bonds. The number of nitrogens with zero attached hydrogens (tertiary/aromatic N) is 3. The Labute approximate surface area is 167 Å². The predicted octanol–water partition coefficient (Wildman–Crippen LogP) is 3.20. The van der Waals surface area contributed by atoms with Gasteiger partial charge < -0.3 is 20.7 Å². The average Bonchev–Trinajstić information content (AvgIpc) is 3.06. The number of fused-ring (bicyclic) bond motifs is 1. The normalized spacial score (nSPS) is 12.1. The number of benzene rings is 2. The zero-order valence-electron chi connectivity index (χ0n) is 16.1. The maximum atomic E-state index is 12.4. The van der Waals surface area contributed by atoms with E-state index in [2.05, 4.69) is 15.3 Å². The fourth-order valence-corrected chi connectivity index (χ4v) is 3.48. The monoisotopic (exact) mass is 387 g/mol. The van der Waals surface area contributed by atoms with Crippen molar-refractivity contribution in [2.45, 2.75) is 13.0 Å². The largest absolute Gasteiger partial charge is 0.383 e. The second kappa shape index (κ2) is 7.37. The second-order valence-electron chi connectivity index (χ2n) is 6.94. The quantitative estimate of drug-likeness (QED) is 0.499. The zero-order chi connectivity index (χ0) is 20.5. The van der Waals surface area contributed by atoms with E-state index in [1.165, 1.54) is 6.33 Å². The fraction of sp³-hybridized carbons (Fsp3) is 0.136. The minimum Gasteiger partial charge on any atom is -0.383 e. The van der Waals surface area contributed by atoms with Crippen LogP contribution >= 0.6 is 0 Å². The minimum absolute atomic E-state index is 0.424. The smallest absolute Gasteiger partial charge is 0.257 e. The van der Waals surface area contributed by atoms with Gasteiger partial charge in [-0.3, -0.25) is 4.79 Å². The topological polar surface area (TPSA) is 106 Å². The van der Waals surface area contributed by atoms with E-state index in [0.29, 0.717) is 17.1 Å². The first-order valence-electron chi connectivity index (χ1n) is 9.16. The lowest BCUT2D eigenvalue weighted by Crippen LogP contribution is -2.20. The lowest BCUT2D eigenvalue weighted by atomic mass is 10.00. The van der Waals surface area contributed by atoms with Crippen LogP contribution in [-0.2, 0) is 11.8 Å². The summed E-state index contributed by atoms with van der Waals surface area (Å²) in [5.74, 6) is -0.0560. The van der Waals surface area contributed by atoms with Crippen LogP contribution in [0.15, 0.2) is 61.1 Å². The van der Waals surface area contributed by atoms with Crippen LogP contribution in [0.5, 0.6) is 0 Å². The molecule has 0 fully saturated rings. The molecule has 0 bridgehead atoms. The van der Waals surface area contributed by atoms with Crippen molar-refractivity contribution in [3.63, 3.8) is 0 Å². The molecule has 7 heteroatoms. The van der Waals surface area contributed by atoms with Gasteiger partial charge in [-0.05, 0) is 35.7 Å². The number of hydrogen-bond acceptors (Lipinski definition) is 5. The maximum Gasteiger partial charge on any atom is 0.257 e. The molecule has 4 rings (SSSR count). The molecule has 0 unspecified atom stereocenters. The summed E-state index contributed by atoms with van der Waals surface area (Å²) in [5.41, 5.74) is 10.9. The van der Waals surface area contributed by atoms with Crippen molar-refractivity contribution in [2.24, 2.45) is 7.05 Å². The highest BCUT2D eigenvalue weighted by atomic mass is 16.3. The predicted molar refractivity (Wildman–Crippen MR) is 113 cm³/mol. The van der Waals surface area contributed by atoms with Crippen molar-refractivity contribution in [3.05, 3.63) is 72.2 Å². The van der Waals surface area contributed by atoms with E-state index in [1.54, 1.807) is 30.3 Å². The summed E-state index contributed by atoms with van der Waals surface area (Å²) in [5, 5.41) is 13.8. The molecule has 4 N–H and O–H groups in total. The summed E-state index contributed by atoms with van der Waals surface area (Å²) in [7, 11) is 1.91. The van der Waals surface area contributed by atoms with Crippen molar-refractivity contribution in [1.82, 2.24) is 14.5 Å². The summed E-state index contributed by atoms with van der Waals surface area (Å²) >= 11 is 0. The Bertz CT molecular complexity index is 1200. The van der Waals surface area contributed by atoms with E-state index in [1.807, 2.05) is 42.9 Å². The van der Waals surface area contributed by atoms with Crippen molar-refractivity contribution < 1.29 is 9.90 Å². The van der Waals surface area contributed by atoms with Crippen molar-refractivity contribution >= 4 is 28.4 Å². The van der Waals surface area contributed by atoms with Crippen molar-refractivity contribution in [2.75, 3.05) is 11.1 Å². The number of aliphatic hydroxyl groups excluding tert-OH is 1. The molecule has 1 atom stereocenters. The number of aliphatic hydroxyl groups is 1. The molecular weight excluding hydrogens is 366 g/mol. The Kier molecular flexibility index (Phi) is 4.74. The van der Waals surface area contributed by atoms with E-state index < -0.39 is 12.0 Å². The van der Waals surface area contributed by atoms with Crippen LogP contribution in [0.1, 0.15) is 17.2 Å². The third-order valence-electron chi connectivity index (χ3n) is 4.93. The summed E-state index contributed by atoms with van der Waals surface area (Å²) < 4.78 is 1.91. The first-order valence-corrected chi connectivity index (χ1v) is 9.16. The molecular formula is C22H21N5O2. The lowest BCUT2D eigenvalue weighted by molar-refractivity contribution is -0.124. The fourth-order valence-electron chi connectivity index (χ4n) is 3.48. The summed E-state index contributed by atoms with van der Waals surface area (Å²) in [6.07, 6.45) is 2.19. The van der Waals surface area contributed by atoms with Gasteiger partial charge in [-0.2, -0.15) is 0 Å². The maximum absolute atomic E-state index is 12.4.